The Bertz CT molecular complexity index is 459. The number of carbonyl (C=O) groups excluding carboxylic acids is 1. The molecule has 3 heteroatoms. The second kappa shape index (κ2) is 5.96. The van der Waals surface area contributed by atoms with Crippen molar-refractivity contribution in [3.8, 4) is 0 Å². The zero-order chi connectivity index (χ0) is 13.9. The van der Waals surface area contributed by atoms with E-state index in [2.05, 4.69) is 29.2 Å². The summed E-state index contributed by atoms with van der Waals surface area (Å²) in [5, 5.41) is 0. The molecule has 1 heterocycles. The van der Waals surface area contributed by atoms with Gasteiger partial charge >= 0.3 is 0 Å². The summed E-state index contributed by atoms with van der Waals surface area (Å²) in [7, 11) is 0. The number of amides is 1. The van der Waals surface area contributed by atoms with Crippen LogP contribution in [0.4, 0.5) is 0 Å². The van der Waals surface area contributed by atoms with Crippen LogP contribution < -0.4 is 5.73 Å². The van der Waals surface area contributed by atoms with E-state index in [1.807, 2.05) is 0 Å². The van der Waals surface area contributed by atoms with Crippen LogP contribution in [0.25, 0.3) is 0 Å². The number of nitrogens with two attached hydrogens (primary N) is 1. The fourth-order valence-corrected chi connectivity index (χ4v) is 3.60. The van der Waals surface area contributed by atoms with Crippen molar-refractivity contribution in [2.24, 2.45) is 11.7 Å². The van der Waals surface area contributed by atoms with E-state index in [0.29, 0.717) is 5.91 Å². The second-order valence-corrected chi connectivity index (χ2v) is 6.22. The van der Waals surface area contributed by atoms with Crippen LogP contribution in [-0.2, 0) is 17.6 Å². The van der Waals surface area contributed by atoms with E-state index in [1.165, 1.54) is 11.1 Å². The lowest BCUT2D eigenvalue weighted by atomic mass is 9.85. The number of hydrogen-bond acceptors (Lipinski definition) is 2. The summed E-state index contributed by atoms with van der Waals surface area (Å²) in [5.41, 5.74) is 8.83. The summed E-state index contributed by atoms with van der Waals surface area (Å²) in [6.07, 6.45) is 6.06. The number of nitrogens with zero attached hydrogens (tertiary/aromatic N) is 1. The lowest BCUT2D eigenvalue weighted by molar-refractivity contribution is -0.136. The summed E-state index contributed by atoms with van der Waals surface area (Å²) < 4.78 is 0. The molecule has 1 fully saturated rings. The van der Waals surface area contributed by atoms with E-state index in [-0.39, 0.29) is 12.0 Å². The van der Waals surface area contributed by atoms with Gasteiger partial charge in [-0.1, -0.05) is 30.7 Å². The van der Waals surface area contributed by atoms with E-state index in [0.717, 1.165) is 51.6 Å². The molecule has 108 valence electrons. The van der Waals surface area contributed by atoms with Crippen LogP contribution in [0.15, 0.2) is 24.3 Å². The fourth-order valence-electron chi connectivity index (χ4n) is 3.60. The average molecular weight is 272 g/mol. The molecule has 2 aliphatic rings. The normalized spacial score (nSPS) is 26.8. The number of hydrogen-bond donors (Lipinski definition) is 1. The van der Waals surface area contributed by atoms with Gasteiger partial charge in [-0.3, -0.25) is 4.79 Å². The van der Waals surface area contributed by atoms with Crippen LogP contribution in [0.5, 0.6) is 0 Å². The molecule has 3 nitrogen and oxygen atoms in total. The third kappa shape index (κ3) is 2.88. The minimum Gasteiger partial charge on any atom is -0.342 e. The Morgan fingerprint density at radius 2 is 1.75 bits per heavy atom. The van der Waals surface area contributed by atoms with E-state index in [4.69, 9.17) is 5.73 Å². The minimum absolute atomic E-state index is 0.167. The first-order valence-electron chi connectivity index (χ1n) is 7.85. The topological polar surface area (TPSA) is 46.3 Å². The Hall–Kier alpha value is -1.35. The van der Waals surface area contributed by atoms with Crippen LogP contribution in [0, 0.1) is 5.92 Å². The Morgan fingerprint density at radius 3 is 2.35 bits per heavy atom. The number of rotatable bonds is 1. The van der Waals surface area contributed by atoms with Crippen molar-refractivity contribution in [2.75, 3.05) is 13.1 Å². The molecule has 20 heavy (non-hydrogen) atoms. The molecule has 0 aromatic heterocycles. The lowest BCUT2D eigenvalue weighted by Crippen LogP contribution is -2.41. The maximum atomic E-state index is 12.7. The van der Waals surface area contributed by atoms with Gasteiger partial charge in [-0.25, -0.2) is 0 Å². The molecule has 2 unspecified atom stereocenters. The average Bonchev–Trinajstić information content (AvgIpc) is 2.69. The van der Waals surface area contributed by atoms with Gasteiger partial charge < -0.3 is 10.6 Å². The Kier molecular flexibility index (Phi) is 4.06. The highest BCUT2D eigenvalue weighted by molar-refractivity contribution is 5.79. The first-order valence-corrected chi connectivity index (χ1v) is 7.85. The molecule has 1 aliphatic heterocycles. The minimum atomic E-state index is 0.167. The first kappa shape index (κ1) is 13.6. The van der Waals surface area contributed by atoms with Crippen molar-refractivity contribution in [1.82, 2.24) is 4.90 Å². The predicted molar refractivity (Wildman–Crippen MR) is 80.4 cm³/mol. The Labute approximate surface area is 121 Å². The molecule has 0 bridgehead atoms. The second-order valence-electron chi connectivity index (χ2n) is 6.22. The van der Waals surface area contributed by atoms with Gasteiger partial charge in [-0.2, -0.15) is 0 Å². The van der Waals surface area contributed by atoms with Crippen LogP contribution in [0.1, 0.15) is 36.8 Å². The summed E-state index contributed by atoms with van der Waals surface area (Å²) in [6.45, 7) is 1.73. The number of fused-ring (bicyclic) bond motifs is 1. The third-order valence-corrected chi connectivity index (χ3v) is 4.80. The van der Waals surface area contributed by atoms with Crippen LogP contribution in [0.2, 0.25) is 0 Å². The fraction of sp³-hybridized carbons (Fsp3) is 0.588. The van der Waals surface area contributed by atoms with E-state index in [9.17, 15) is 4.79 Å². The SMILES string of the molecule is NC1CCCC(C(=O)N2CCc3ccccc3CC2)C1. The quantitative estimate of drug-likeness (QED) is 0.851. The highest BCUT2D eigenvalue weighted by Crippen LogP contribution is 2.26. The Balaban J connectivity index is 1.65. The van der Waals surface area contributed by atoms with E-state index < -0.39 is 0 Å². The summed E-state index contributed by atoms with van der Waals surface area (Å²) in [4.78, 5) is 14.7. The van der Waals surface area contributed by atoms with Gasteiger partial charge in [0.25, 0.3) is 0 Å². The largest absolute Gasteiger partial charge is 0.342 e. The van der Waals surface area contributed by atoms with Gasteiger partial charge in [-0.15, -0.1) is 0 Å². The zero-order valence-corrected chi connectivity index (χ0v) is 12.1. The summed E-state index contributed by atoms with van der Waals surface area (Å²) in [6, 6.07) is 8.80. The van der Waals surface area contributed by atoms with Gasteiger partial charge in [0, 0.05) is 25.0 Å². The van der Waals surface area contributed by atoms with Crippen molar-refractivity contribution >= 4 is 5.91 Å². The van der Waals surface area contributed by atoms with Crippen LogP contribution in [0.3, 0.4) is 0 Å². The zero-order valence-electron chi connectivity index (χ0n) is 12.1. The van der Waals surface area contributed by atoms with Gasteiger partial charge in [0.15, 0.2) is 0 Å². The van der Waals surface area contributed by atoms with Crippen molar-refractivity contribution in [2.45, 2.75) is 44.6 Å². The highest BCUT2D eigenvalue weighted by atomic mass is 16.2. The first-order chi connectivity index (χ1) is 9.74. The van der Waals surface area contributed by atoms with Crippen LogP contribution in [-0.4, -0.2) is 29.9 Å². The molecular weight excluding hydrogens is 248 g/mol. The lowest BCUT2D eigenvalue weighted by Gasteiger charge is -2.30. The van der Waals surface area contributed by atoms with Gasteiger partial charge in [0.05, 0.1) is 0 Å². The molecular formula is C17H24N2O. The number of carbonyl (C=O) groups is 1. The van der Waals surface area contributed by atoms with E-state index >= 15 is 0 Å². The van der Waals surface area contributed by atoms with Crippen molar-refractivity contribution in [3.63, 3.8) is 0 Å². The molecule has 3 rings (SSSR count). The smallest absolute Gasteiger partial charge is 0.225 e. The predicted octanol–water partition coefficient (Wildman–Crippen LogP) is 2.13. The molecule has 0 radical (unpaired) electrons. The monoisotopic (exact) mass is 272 g/mol. The van der Waals surface area contributed by atoms with Gasteiger partial charge in [0.2, 0.25) is 5.91 Å². The maximum absolute atomic E-state index is 12.7. The molecule has 2 atom stereocenters. The molecule has 1 saturated carbocycles. The standard InChI is InChI=1S/C17H24N2O/c18-16-7-3-6-15(12-16)17(20)19-10-8-13-4-1-2-5-14(13)9-11-19/h1-2,4-5,15-16H,3,6-12,18H2. The van der Waals surface area contributed by atoms with Gasteiger partial charge in [-0.05, 0) is 43.2 Å². The molecule has 1 amide bonds. The van der Waals surface area contributed by atoms with E-state index in [1.54, 1.807) is 0 Å². The Morgan fingerprint density at radius 1 is 1.10 bits per heavy atom. The molecule has 2 N–H and O–H groups in total. The molecule has 1 aliphatic carbocycles. The van der Waals surface area contributed by atoms with Gasteiger partial charge in [0.1, 0.15) is 0 Å². The maximum Gasteiger partial charge on any atom is 0.225 e. The molecule has 0 saturated heterocycles. The number of benzene rings is 1. The highest BCUT2D eigenvalue weighted by Gasteiger charge is 2.29. The molecule has 1 aromatic rings. The van der Waals surface area contributed by atoms with Crippen molar-refractivity contribution in [1.29, 1.82) is 0 Å². The van der Waals surface area contributed by atoms with Crippen LogP contribution >= 0.6 is 0 Å². The van der Waals surface area contributed by atoms with Crippen molar-refractivity contribution < 1.29 is 4.79 Å². The molecule has 0 spiro atoms. The molecule has 1 aromatic carbocycles. The summed E-state index contributed by atoms with van der Waals surface area (Å²) >= 11 is 0. The van der Waals surface area contributed by atoms with Crippen molar-refractivity contribution in [3.05, 3.63) is 35.4 Å². The summed E-state index contributed by atoms with van der Waals surface area (Å²) in [5.74, 6) is 0.507. The third-order valence-electron chi connectivity index (χ3n) is 4.80.